The number of carbonyl (C=O) groups is 3. The number of amides is 2. The van der Waals surface area contributed by atoms with Crippen molar-refractivity contribution in [1.82, 2.24) is 10.2 Å². The van der Waals surface area contributed by atoms with E-state index in [1.54, 1.807) is 17.0 Å². The molecule has 1 aromatic carbocycles. The Kier molecular flexibility index (Phi) is 5.95. The van der Waals surface area contributed by atoms with Gasteiger partial charge in [0.15, 0.2) is 12.1 Å². The summed E-state index contributed by atoms with van der Waals surface area (Å²) in [4.78, 5) is 38.2. The van der Waals surface area contributed by atoms with Crippen LogP contribution in [0, 0.1) is 5.92 Å². The van der Waals surface area contributed by atoms with Crippen molar-refractivity contribution >= 4 is 17.8 Å². The Morgan fingerprint density at radius 1 is 1.30 bits per heavy atom. The number of piperidine rings is 1. The van der Waals surface area contributed by atoms with Gasteiger partial charge in [0.2, 0.25) is 5.91 Å². The van der Waals surface area contributed by atoms with E-state index < -0.39 is 17.4 Å². The summed E-state index contributed by atoms with van der Waals surface area (Å²) in [6, 6.07) is 9.06. The second-order valence-corrected chi connectivity index (χ2v) is 6.96. The van der Waals surface area contributed by atoms with E-state index in [0.29, 0.717) is 31.7 Å². The third kappa shape index (κ3) is 4.57. The molecule has 8 nitrogen and oxygen atoms in total. The number of nitrogens with zero attached hydrogens (tertiary/aromatic N) is 1. The van der Waals surface area contributed by atoms with Gasteiger partial charge in [-0.15, -0.1) is 0 Å². The molecule has 8 heteroatoms. The number of carbonyl (C=O) groups excluding carboxylic acids is 2. The highest BCUT2D eigenvalue weighted by Crippen LogP contribution is 2.23. The van der Waals surface area contributed by atoms with Crippen LogP contribution in [0.3, 0.4) is 0 Å². The normalized spacial score (nSPS) is 25.0. The van der Waals surface area contributed by atoms with E-state index in [2.05, 4.69) is 5.32 Å². The van der Waals surface area contributed by atoms with Crippen molar-refractivity contribution in [2.45, 2.75) is 24.8 Å². The van der Waals surface area contributed by atoms with E-state index in [0.717, 1.165) is 0 Å². The highest BCUT2D eigenvalue weighted by atomic mass is 16.5. The predicted molar refractivity (Wildman–Crippen MR) is 95.2 cm³/mol. The summed E-state index contributed by atoms with van der Waals surface area (Å²) in [5.74, 6) is -1.44. The first-order valence-electron chi connectivity index (χ1n) is 9.09. The Balaban J connectivity index is 1.54. The molecule has 2 aliphatic rings. The van der Waals surface area contributed by atoms with Gasteiger partial charge in [0.1, 0.15) is 5.75 Å². The van der Waals surface area contributed by atoms with Gasteiger partial charge in [0.05, 0.1) is 12.5 Å². The minimum absolute atomic E-state index is 0.0334. The molecule has 2 heterocycles. The summed E-state index contributed by atoms with van der Waals surface area (Å²) < 4.78 is 10.7. The summed E-state index contributed by atoms with van der Waals surface area (Å²) in [6.07, 6.45) is 1.55. The lowest BCUT2D eigenvalue weighted by Gasteiger charge is -2.34. The number of hydrogen-bond donors (Lipinski definition) is 2. The Bertz CT molecular complexity index is 687. The summed E-state index contributed by atoms with van der Waals surface area (Å²) in [6.45, 7) is 1.01. The van der Waals surface area contributed by atoms with Crippen molar-refractivity contribution in [3.8, 4) is 5.75 Å². The molecule has 2 saturated heterocycles. The van der Waals surface area contributed by atoms with Crippen LogP contribution in [0.5, 0.6) is 5.75 Å². The molecule has 2 unspecified atom stereocenters. The van der Waals surface area contributed by atoms with Gasteiger partial charge in [-0.05, 0) is 25.0 Å². The summed E-state index contributed by atoms with van der Waals surface area (Å²) in [5.41, 5.74) is -1.36. The average Bonchev–Trinajstić information content (AvgIpc) is 3.17. The maximum Gasteiger partial charge on any atom is 0.331 e. The van der Waals surface area contributed by atoms with Crippen LogP contribution in [0.1, 0.15) is 19.3 Å². The quantitative estimate of drug-likeness (QED) is 0.756. The zero-order valence-electron chi connectivity index (χ0n) is 15.1. The van der Waals surface area contributed by atoms with Crippen molar-refractivity contribution in [2.24, 2.45) is 5.92 Å². The van der Waals surface area contributed by atoms with Gasteiger partial charge in [-0.2, -0.15) is 0 Å². The van der Waals surface area contributed by atoms with Gasteiger partial charge < -0.3 is 24.8 Å². The molecule has 2 amide bonds. The first kappa shape index (κ1) is 19.2. The molecule has 0 bridgehead atoms. The number of carboxylic acids is 1. The topological polar surface area (TPSA) is 105 Å². The predicted octanol–water partition coefficient (Wildman–Crippen LogP) is 0.664. The van der Waals surface area contributed by atoms with Gasteiger partial charge in [0, 0.05) is 26.1 Å². The lowest BCUT2D eigenvalue weighted by atomic mass is 9.93. The molecule has 0 aromatic heterocycles. The number of carboxylic acid groups (broad SMARTS) is 1. The van der Waals surface area contributed by atoms with Crippen molar-refractivity contribution in [3.05, 3.63) is 30.3 Å². The van der Waals surface area contributed by atoms with Gasteiger partial charge in [-0.25, -0.2) is 4.79 Å². The molecule has 0 aliphatic carbocycles. The van der Waals surface area contributed by atoms with Crippen LogP contribution in [0.2, 0.25) is 0 Å². The molecule has 2 fully saturated rings. The van der Waals surface area contributed by atoms with Crippen LogP contribution >= 0.6 is 0 Å². The van der Waals surface area contributed by atoms with Crippen molar-refractivity contribution < 1.29 is 29.0 Å². The molecule has 3 rings (SSSR count). The smallest absolute Gasteiger partial charge is 0.331 e. The fourth-order valence-corrected chi connectivity index (χ4v) is 3.39. The number of ether oxygens (including phenoxy) is 2. The molecule has 0 spiro atoms. The summed E-state index contributed by atoms with van der Waals surface area (Å²) in [5, 5.41) is 12.1. The highest BCUT2D eigenvalue weighted by molar-refractivity contribution is 5.89. The standard InChI is InChI=1S/C19H24N2O6/c22-16(12-27-15-6-2-1-3-7-15)21-9-4-5-14(11-21)17(23)20-19(18(24)25)8-10-26-13-19/h1-3,6-7,14H,4-5,8-13H2,(H,20,23)(H,24,25). The fraction of sp³-hybridized carbons (Fsp3) is 0.526. The molecule has 146 valence electrons. The molecule has 27 heavy (non-hydrogen) atoms. The monoisotopic (exact) mass is 376 g/mol. The van der Waals surface area contributed by atoms with Crippen LogP contribution in [0.15, 0.2) is 30.3 Å². The van der Waals surface area contributed by atoms with E-state index in [-0.39, 0.29) is 38.0 Å². The van der Waals surface area contributed by atoms with E-state index >= 15 is 0 Å². The first-order chi connectivity index (χ1) is 13.0. The van der Waals surface area contributed by atoms with Crippen LogP contribution in [-0.4, -0.2) is 66.2 Å². The molecular formula is C19H24N2O6. The number of hydrogen-bond acceptors (Lipinski definition) is 5. The maximum absolute atomic E-state index is 12.6. The number of benzene rings is 1. The minimum Gasteiger partial charge on any atom is -0.484 e. The molecular weight excluding hydrogens is 352 g/mol. The third-order valence-corrected chi connectivity index (χ3v) is 5.04. The van der Waals surface area contributed by atoms with E-state index in [9.17, 15) is 19.5 Å². The zero-order valence-corrected chi connectivity index (χ0v) is 15.1. The lowest BCUT2D eigenvalue weighted by molar-refractivity contribution is -0.149. The van der Waals surface area contributed by atoms with Crippen LogP contribution in [-0.2, 0) is 19.1 Å². The van der Waals surface area contributed by atoms with E-state index in [1.807, 2.05) is 18.2 Å². The highest BCUT2D eigenvalue weighted by Gasteiger charge is 2.45. The van der Waals surface area contributed by atoms with Crippen molar-refractivity contribution in [3.63, 3.8) is 0 Å². The second-order valence-electron chi connectivity index (χ2n) is 6.96. The van der Waals surface area contributed by atoms with Gasteiger partial charge in [-0.1, -0.05) is 18.2 Å². The molecule has 0 radical (unpaired) electrons. The van der Waals surface area contributed by atoms with Crippen molar-refractivity contribution in [2.75, 3.05) is 32.9 Å². The molecule has 0 saturated carbocycles. The Morgan fingerprint density at radius 2 is 2.07 bits per heavy atom. The number of nitrogens with one attached hydrogen (secondary N) is 1. The van der Waals surface area contributed by atoms with Gasteiger partial charge in [0.25, 0.3) is 5.91 Å². The Morgan fingerprint density at radius 3 is 2.74 bits per heavy atom. The SMILES string of the molecule is O=C(NC1(C(=O)O)CCOC1)C1CCCN(C(=O)COc2ccccc2)C1. The van der Waals surface area contributed by atoms with E-state index in [4.69, 9.17) is 9.47 Å². The van der Waals surface area contributed by atoms with Crippen molar-refractivity contribution in [1.29, 1.82) is 0 Å². The summed E-state index contributed by atoms with van der Waals surface area (Å²) in [7, 11) is 0. The number of aliphatic carboxylic acids is 1. The molecule has 2 aliphatic heterocycles. The number of likely N-dealkylation sites (tertiary alicyclic amines) is 1. The molecule has 2 N–H and O–H groups in total. The first-order valence-corrected chi connectivity index (χ1v) is 9.09. The lowest BCUT2D eigenvalue weighted by Crippen LogP contribution is -2.58. The number of para-hydroxylation sites is 1. The minimum atomic E-state index is -1.36. The van der Waals surface area contributed by atoms with E-state index in [1.165, 1.54) is 0 Å². The Labute approximate surface area is 157 Å². The molecule has 2 atom stereocenters. The largest absolute Gasteiger partial charge is 0.484 e. The summed E-state index contributed by atoms with van der Waals surface area (Å²) >= 11 is 0. The van der Waals surface area contributed by atoms with Gasteiger partial charge >= 0.3 is 5.97 Å². The maximum atomic E-state index is 12.6. The van der Waals surface area contributed by atoms with Crippen LogP contribution in [0.25, 0.3) is 0 Å². The second kappa shape index (κ2) is 8.39. The zero-order chi connectivity index (χ0) is 19.3. The number of rotatable bonds is 6. The Hall–Kier alpha value is -2.61. The average molecular weight is 376 g/mol. The van der Waals surface area contributed by atoms with Gasteiger partial charge in [-0.3, -0.25) is 9.59 Å². The third-order valence-electron chi connectivity index (χ3n) is 5.04. The van der Waals surface area contributed by atoms with Crippen LogP contribution in [0.4, 0.5) is 0 Å². The van der Waals surface area contributed by atoms with Crippen LogP contribution < -0.4 is 10.1 Å². The fourth-order valence-electron chi connectivity index (χ4n) is 3.39. The molecule has 1 aromatic rings.